The second-order valence-corrected chi connectivity index (χ2v) is 21.1. The lowest BCUT2D eigenvalue weighted by Crippen LogP contribution is -2.43. The highest BCUT2D eigenvalue weighted by molar-refractivity contribution is 5.67. The third-order valence-electron chi connectivity index (χ3n) is 16.8. The molecular weight excluding hydrogens is 685 g/mol. The van der Waals surface area contributed by atoms with Crippen molar-refractivity contribution in [3.8, 4) is 0 Å². The first-order valence-corrected chi connectivity index (χ1v) is 24.2. The molecule has 0 radical (unpaired) electrons. The third kappa shape index (κ3) is 9.26. The highest BCUT2D eigenvalue weighted by Crippen LogP contribution is 2.61. The Morgan fingerprint density at radius 3 is 2.00 bits per heavy atom. The molecule has 3 saturated carbocycles. The summed E-state index contributed by atoms with van der Waals surface area (Å²) in [7, 11) is 0. The van der Waals surface area contributed by atoms with Crippen molar-refractivity contribution in [2.45, 2.75) is 215 Å². The van der Waals surface area contributed by atoms with Crippen LogP contribution in [0.4, 0.5) is 0 Å². The van der Waals surface area contributed by atoms with Crippen LogP contribution in [0.1, 0.15) is 232 Å². The molecule has 0 nitrogen and oxygen atoms in total. The van der Waals surface area contributed by atoms with Gasteiger partial charge in [0.1, 0.15) is 0 Å². The van der Waals surface area contributed by atoms with E-state index in [1.54, 1.807) is 38.9 Å². The monoisotopic (exact) mass is 769 g/mol. The van der Waals surface area contributed by atoms with Crippen LogP contribution in [0.15, 0.2) is 49.0 Å². The van der Waals surface area contributed by atoms with Crippen LogP contribution in [0.5, 0.6) is 0 Å². The molecule has 3 aromatic rings. The lowest BCUT2D eigenvalue weighted by molar-refractivity contribution is -0.0236. The molecule has 1 spiro atoms. The maximum Gasteiger partial charge on any atom is 0.00664 e. The van der Waals surface area contributed by atoms with Gasteiger partial charge in [0.25, 0.3) is 0 Å². The summed E-state index contributed by atoms with van der Waals surface area (Å²) in [5, 5.41) is 0. The molecule has 0 heterocycles. The molecule has 0 bridgehead atoms. The van der Waals surface area contributed by atoms with Crippen LogP contribution in [0.3, 0.4) is 0 Å². The summed E-state index contributed by atoms with van der Waals surface area (Å²) in [5.74, 6) is 2.93. The van der Waals surface area contributed by atoms with Crippen LogP contribution < -0.4 is 0 Å². The van der Waals surface area contributed by atoms with Gasteiger partial charge in [-0.05, 0) is 225 Å². The summed E-state index contributed by atoms with van der Waals surface area (Å²) in [6.07, 6.45) is 25.5. The number of allylic oxidation sites excluding steroid dienone is 1. The third-order valence-corrected chi connectivity index (χ3v) is 16.8. The maximum absolute atomic E-state index is 4.31. The predicted octanol–water partition coefficient (Wildman–Crippen LogP) is 16.9. The van der Waals surface area contributed by atoms with Crippen molar-refractivity contribution in [3.63, 3.8) is 0 Å². The first kappa shape index (κ1) is 44.0. The zero-order valence-electron chi connectivity index (χ0n) is 39.0. The summed E-state index contributed by atoms with van der Waals surface area (Å²) in [6, 6.07) is 17.5. The minimum atomic E-state index is 0.351. The Morgan fingerprint density at radius 2 is 1.42 bits per heavy atom. The van der Waals surface area contributed by atoms with E-state index in [4.69, 9.17) is 0 Å². The molecule has 0 saturated heterocycles. The Bertz CT molecular complexity index is 1820. The standard InChI is InChI=1S/C57H84/c1-13-45-21-24-52(53(49(45)15-3)20-18-17-19-39(5)6)42(10)51-23-22-47(35-41(51)9)46-27-29-56(30-28-46)37-44(38-56)36-55(12)31-33-57(16-4,34-32-55)54-26-25-50(40(7)8)48(14-2)43(54)11/h21-26,35,39,42,44,46H,7,13-20,27-34,36-38H2,1-6,8-12H3. The molecule has 0 heteroatoms. The van der Waals surface area contributed by atoms with Crippen molar-refractivity contribution in [1.29, 1.82) is 0 Å². The minimum absolute atomic E-state index is 0.351. The van der Waals surface area contributed by atoms with E-state index in [2.05, 4.69) is 125 Å². The molecule has 1 unspecified atom stereocenters. The molecule has 0 N–H and O–H groups in total. The zero-order valence-corrected chi connectivity index (χ0v) is 39.0. The number of hydrogen-bond donors (Lipinski definition) is 0. The van der Waals surface area contributed by atoms with Gasteiger partial charge in [-0.2, -0.15) is 0 Å². The zero-order chi connectivity index (χ0) is 41.1. The first-order chi connectivity index (χ1) is 27.2. The van der Waals surface area contributed by atoms with Gasteiger partial charge in [0.15, 0.2) is 0 Å². The highest BCUT2D eigenvalue weighted by atomic mass is 14.5. The number of unbranched alkanes of at least 4 members (excludes halogenated alkanes) is 1. The van der Waals surface area contributed by atoms with E-state index in [0.717, 1.165) is 37.0 Å². The van der Waals surface area contributed by atoms with Gasteiger partial charge in [0, 0.05) is 5.92 Å². The van der Waals surface area contributed by atoms with Crippen LogP contribution >= 0.6 is 0 Å². The van der Waals surface area contributed by atoms with Gasteiger partial charge in [-0.3, -0.25) is 0 Å². The topological polar surface area (TPSA) is 0 Å². The van der Waals surface area contributed by atoms with Crippen LogP contribution in [0.2, 0.25) is 0 Å². The lowest BCUT2D eigenvalue weighted by atomic mass is 9.50. The quantitative estimate of drug-likeness (QED) is 0.127. The van der Waals surface area contributed by atoms with Gasteiger partial charge in [-0.25, -0.2) is 0 Å². The molecule has 312 valence electrons. The Balaban J connectivity index is 1.04. The molecule has 3 fully saturated rings. The van der Waals surface area contributed by atoms with E-state index in [-0.39, 0.29) is 0 Å². The average molecular weight is 769 g/mol. The molecule has 0 aliphatic heterocycles. The number of rotatable bonds is 16. The van der Waals surface area contributed by atoms with Crippen molar-refractivity contribution in [2.24, 2.45) is 22.7 Å². The number of aryl methyl sites for hydroxylation is 2. The summed E-state index contributed by atoms with van der Waals surface area (Å²) in [4.78, 5) is 0. The fraction of sp³-hybridized carbons (Fsp3) is 0.649. The summed E-state index contributed by atoms with van der Waals surface area (Å²) in [5.41, 5.74) is 20.0. The average Bonchev–Trinajstić information content (AvgIpc) is 3.18. The molecule has 6 rings (SSSR count). The Labute approximate surface area is 352 Å². The van der Waals surface area contributed by atoms with Crippen molar-refractivity contribution in [3.05, 3.63) is 110 Å². The maximum atomic E-state index is 4.31. The first-order valence-electron chi connectivity index (χ1n) is 24.2. The van der Waals surface area contributed by atoms with Crippen LogP contribution in [-0.4, -0.2) is 0 Å². The van der Waals surface area contributed by atoms with Gasteiger partial charge in [0.2, 0.25) is 0 Å². The molecule has 3 aliphatic rings. The minimum Gasteiger partial charge on any atom is -0.0955 e. The van der Waals surface area contributed by atoms with Crippen LogP contribution in [0, 0.1) is 36.5 Å². The van der Waals surface area contributed by atoms with Crippen LogP contribution in [-0.2, 0) is 31.1 Å². The Kier molecular flexibility index (Phi) is 14.2. The number of hydrogen-bond acceptors (Lipinski definition) is 0. The number of benzene rings is 3. The van der Waals surface area contributed by atoms with Gasteiger partial charge >= 0.3 is 0 Å². The second-order valence-electron chi connectivity index (χ2n) is 21.1. The molecule has 57 heavy (non-hydrogen) atoms. The SMILES string of the molecule is C=C(C)c1ccc(C2(CC)CCC(C)(CC3CC4(CCC(c5ccc(C(C)c6ccc(CC)c(CC)c6CCCCC(C)C)c(C)c5)CC4)C3)CC2)c(C)c1CC. The van der Waals surface area contributed by atoms with Gasteiger partial charge in [0.05, 0.1) is 0 Å². The van der Waals surface area contributed by atoms with Crippen molar-refractivity contribution >= 4 is 5.57 Å². The predicted molar refractivity (Wildman–Crippen MR) is 251 cm³/mol. The molecule has 0 aromatic heterocycles. The molecule has 1 atom stereocenters. The van der Waals surface area contributed by atoms with Gasteiger partial charge in [-0.1, -0.05) is 123 Å². The Hall–Kier alpha value is -2.60. The van der Waals surface area contributed by atoms with Crippen molar-refractivity contribution < 1.29 is 0 Å². The summed E-state index contributed by atoms with van der Waals surface area (Å²) in [6.45, 7) is 30.7. The highest BCUT2D eigenvalue weighted by Gasteiger charge is 2.49. The van der Waals surface area contributed by atoms with E-state index < -0.39 is 0 Å². The summed E-state index contributed by atoms with van der Waals surface area (Å²) >= 11 is 0. The lowest BCUT2D eigenvalue weighted by Gasteiger charge is -2.55. The van der Waals surface area contributed by atoms with Gasteiger partial charge < -0.3 is 0 Å². The fourth-order valence-corrected chi connectivity index (χ4v) is 13.2. The van der Waals surface area contributed by atoms with E-state index in [0.29, 0.717) is 22.2 Å². The van der Waals surface area contributed by atoms with E-state index in [9.17, 15) is 0 Å². The normalized spacial score (nSPS) is 26.8. The van der Waals surface area contributed by atoms with E-state index in [1.165, 1.54) is 131 Å². The molecule has 0 amide bonds. The molecule has 3 aliphatic carbocycles. The Morgan fingerprint density at radius 1 is 0.754 bits per heavy atom. The fourth-order valence-electron chi connectivity index (χ4n) is 13.2. The van der Waals surface area contributed by atoms with E-state index >= 15 is 0 Å². The molecule has 3 aromatic carbocycles. The van der Waals surface area contributed by atoms with Crippen molar-refractivity contribution in [2.75, 3.05) is 0 Å². The summed E-state index contributed by atoms with van der Waals surface area (Å²) < 4.78 is 0. The largest absolute Gasteiger partial charge is 0.0955 e. The van der Waals surface area contributed by atoms with E-state index in [1.807, 2.05) is 0 Å². The molecular formula is C57H84. The van der Waals surface area contributed by atoms with Gasteiger partial charge in [-0.15, -0.1) is 0 Å². The van der Waals surface area contributed by atoms with Crippen LogP contribution in [0.25, 0.3) is 5.57 Å². The smallest absolute Gasteiger partial charge is 0.00664 e. The van der Waals surface area contributed by atoms with Crippen molar-refractivity contribution in [1.82, 2.24) is 0 Å². The second kappa shape index (κ2) is 18.3.